The predicted molar refractivity (Wildman–Crippen MR) is 50.3 cm³/mol. The second kappa shape index (κ2) is 5.19. The van der Waals surface area contributed by atoms with Gasteiger partial charge in [-0.3, -0.25) is 4.79 Å². The van der Waals surface area contributed by atoms with Crippen LogP contribution >= 0.6 is 0 Å². The van der Waals surface area contributed by atoms with Crippen LogP contribution in [0.3, 0.4) is 0 Å². The molecule has 4 heteroatoms. The zero-order chi connectivity index (χ0) is 10.5. The quantitative estimate of drug-likeness (QED) is 0.661. The number of esters is 1. The van der Waals surface area contributed by atoms with Crippen LogP contribution < -0.4 is 5.73 Å². The van der Waals surface area contributed by atoms with Gasteiger partial charge in [0.1, 0.15) is 11.6 Å². The second-order valence-corrected chi connectivity index (χ2v) is 3.80. The highest BCUT2D eigenvalue weighted by Gasteiger charge is 2.21. The van der Waals surface area contributed by atoms with Crippen molar-refractivity contribution in [2.75, 3.05) is 13.2 Å². The molecule has 0 bridgehead atoms. The van der Waals surface area contributed by atoms with Crippen molar-refractivity contribution in [2.24, 2.45) is 5.73 Å². The van der Waals surface area contributed by atoms with Crippen molar-refractivity contribution in [3.8, 4) is 0 Å². The lowest BCUT2D eigenvalue weighted by Gasteiger charge is -2.21. The summed E-state index contributed by atoms with van der Waals surface area (Å²) in [5, 5.41) is 0. The Balaban J connectivity index is 3.83. The fourth-order valence-electron chi connectivity index (χ4n) is 0.690. The predicted octanol–water partition coefficient (Wildman–Crippen LogP) is 0.692. The van der Waals surface area contributed by atoms with Crippen LogP contribution in [0.2, 0.25) is 0 Å². The molecule has 13 heavy (non-hydrogen) atoms. The third kappa shape index (κ3) is 6.54. The van der Waals surface area contributed by atoms with Gasteiger partial charge >= 0.3 is 5.97 Å². The van der Waals surface area contributed by atoms with Gasteiger partial charge in [-0.05, 0) is 27.7 Å². The Kier molecular flexibility index (Phi) is 4.95. The van der Waals surface area contributed by atoms with E-state index in [1.165, 1.54) is 0 Å². The van der Waals surface area contributed by atoms with Gasteiger partial charge < -0.3 is 15.2 Å². The summed E-state index contributed by atoms with van der Waals surface area (Å²) < 4.78 is 10.1. The Morgan fingerprint density at radius 3 is 2.38 bits per heavy atom. The number of rotatable bonds is 4. The fourth-order valence-corrected chi connectivity index (χ4v) is 0.690. The largest absolute Gasteiger partial charge is 0.459 e. The molecule has 0 aliphatic heterocycles. The lowest BCUT2D eigenvalue weighted by Crippen LogP contribution is -2.40. The van der Waals surface area contributed by atoms with E-state index < -0.39 is 17.6 Å². The van der Waals surface area contributed by atoms with Crippen LogP contribution in [0.5, 0.6) is 0 Å². The molecule has 1 atom stereocenters. The summed E-state index contributed by atoms with van der Waals surface area (Å²) in [5.74, 6) is -0.416. The summed E-state index contributed by atoms with van der Waals surface area (Å²) in [7, 11) is 0. The van der Waals surface area contributed by atoms with Crippen LogP contribution in [0.1, 0.15) is 27.7 Å². The van der Waals surface area contributed by atoms with E-state index in [9.17, 15) is 4.79 Å². The lowest BCUT2D eigenvalue weighted by atomic mass is 10.2. The molecule has 0 unspecified atom stereocenters. The molecule has 0 amide bonds. The van der Waals surface area contributed by atoms with E-state index in [1.54, 1.807) is 20.8 Å². The van der Waals surface area contributed by atoms with Crippen LogP contribution in [-0.4, -0.2) is 30.8 Å². The van der Waals surface area contributed by atoms with E-state index in [4.69, 9.17) is 15.2 Å². The monoisotopic (exact) mass is 189 g/mol. The van der Waals surface area contributed by atoms with Crippen LogP contribution in [-0.2, 0) is 14.3 Å². The third-order valence-corrected chi connectivity index (χ3v) is 1.21. The Morgan fingerprint density at radius 1 is 1.46 bits per heavy atom. The van der Waals surface area contributed by atoms with Crippen LogP contribution in [0.15, 0.2) is 0 Å². The van der Waals surface area contributed by atoms with Crippen molar-refractivity contribution >= 4 is 5.97 Å². The average molecular weight is 189 g/mol. The first-order valence-corrected chi connectivity index (χ1v) is 4.43. The molecule has 0 spiro atoms. The molecule has 0 heterocycles. The molecule has 0 rings (SSSR count). The summed E-state index contributed by atoms with van der Waals surface area (Å²) in [5.41, 5.74) is 5.03. The maximum Gasteiger partial charge on any atom is 0.325 e. The first kappa shape index (κ1) is 12.4. The number of nitrogens with two attached hydrogens (primary N) is 1. The lowest BCUT2D eigenvalue weighted by molar-refractivity contribution is -0.157. The maximum atomic E-state index is 11.2. The molecule has 4 nitrogen and oxygen atoms in total. The molecule has 0 saturated heterocycles. The number of ether oxygens (including phenoxy) is 2. The summed E-state index contributed by atoms with van der Waals surface area (Å²) >= 11 is 0. The van der Waals surface area contributed by atoms with Gasteiger partial charge in [-0.25, -0.2) is 0 Å². The highest BCUT2D eigenvalue weighted by Crippen LogP contribution is 2.07. The zero-order valence-electron chi connectivity index (χ0n) is 8.79. The number of hydrogen-bond acceptors (Lipinski definition) is 4. The molecule has 0 aromatic carbocycles. The number of carbonyl (C=O) groups excluding carboxylic acids is 1. The minimum Gasteiger partial charge on any atom is -0.459 e. The summed E-state index contributed by atoms with van der Waals surface area (Å²) in [4.78, 5) is 11.2. The molecule has 78 valence electrons. The second-order valence-electron chi connectivity index (χ2n) is 3.80. The van der Waals surface area contributed by atoms with Crippen molar-refractivity contribution in [1.29, 1.82) is 0 Å². The Labute approximate surface area is 79.4 Å². The first-order chi connectivity index (χ1) is 5.87. The fraction of sp³-hybridized carbons (Fsp3) is 0.889. The van der Waals surface area contributed by atoms with Gasteiger partial charge in [0.05, 0.1) is 6.61 Å². The SMILES string of the molecule is CCOC[C@H](N)C(=O)OC(C)(C)C. The van der Waals surface area contributed by atoms with E-state index >= 15 is 0 Å². The molecule has 0 aromatic heterocycles. The van der Waals surface area contributed by atoms with Crippen molar-refractivity contribution < 1.29 is 14.3 Å². The molecule has 0 aromatic rings. The normalized spacial score (nSPS) is 13.9. The molecule has 0 radical (unpaired) electrons. The van der Waals surface area contributed by atoms with Gasteiger partial charge in [0.2, 0.25) is 0 Å². The topological polar surface area (TPSA) is 61.5 Å². The number of carbonyl (C=O) groups is 1. The highest BCUT2D eigenvalue weighted by atomic mass is 16.6. The summed E-state index contributed by atoms with van der Waals surface area (Å²) in [6.07, 6.45) is 0. The standard InChI is InChI=1S/C9H19NO3/c1-5-12-6-7(10)8(11)13-9(2,3)4/h7H,5-6,10H2,1-4H3/t7-/m0/s1. The van der Waals surface area contributed by atoms with E-state index in [0.29, 0.717) is 6.61 Å². The Hall–Kier alpha value is -0.610. The van der Waals surface area contributed by atoms with Gasteiger partial charge in [0.25, 0.3) is 0 Å². The molecule has 0 saturated carbocycles. The van der Waals surface area contributed by atoms with Gasteiger partial charge in [0, 0.05) is 6.61 Å². The van der Waals surface area contributed by atoms with Crippen molar-refractivity contribution in [3.05, 3.63) is 0 Å². The Morgan fingerprint density at radius 2 is 2.00 bits per heavy atom. The van der Waals surface area contributed by atoms with E-state index in [1.807, 2.05) is 6.92 Å². The average Bonchev–Trinajstić information content (AvgIpc) is 1.96. The molecular weight excluding hydrogens is 170 g/mol. The van der Waals surface area contributed by atoms with Crippen LogP contribution in [0, 0.1) is 0 Å². The molecule has 2 N–H and O–H groups in total. The van der Waals surface area contributed by atoms with Gasteiger partial charge in [-0.1, -0.05) is 0 Å². The molecular formula is C9H19NO3. The molecule has 0 aliphatic carbocycles. The van der Waals surface area contributed by atoms with Crippen molar-refractivity contribution in [1.82, 2.24) is 0 Å². The third-order valence-electron chi connectivity index (χ3n) is 1.21. The van der Waals surface area contributed by atoms with Gasteiger partial charge in [-0.2, -0.15) is 0 Å². The summed E-state index contributed by atoms with van der Waals surface area (Å²) in [6, 6.07) is -0.681. The zero-order valence-corrected chi connectivity index (χ0v) is 8.79. The molecule has 0 aliphatic rings. The van der Waals surface area contributed by atoms with E-state index in [-0.39, 0.29) is 6.61 Å². The highest BCUT2D eigenvalue weighted by molar-refractivity contribution is 5.76. The van der Waals surface area contributed by atoms with Crippen molar-refractivity contribution in [3.63, 3.8) is 0 Å². The van der Waals surface area contributed by atoms with Crippen LogP contribution in [0.4, 0.5) is 0 Å². The van der Waals surface area contributed by atoms with Crippen molar-refractivity contribution in [2.45, 2.75) is 39.3 Å². The maximum absolute atomic E-state index is 11.2. The van der Waals surface area contributed by atoms with Gasteiger partial charge in [-0.15, -0.1) is 0 Å². The first-order valence-electron chi connectivity index (χ1n) is 4.43. The summed E-state index contributed by atoms with van der Waals surface area (Å²) in [6.45, 7) is 8.03. The minimum atomic E-state index is -0.681. The van der Waals surface area contributed by atoms with E-state index in [2.05, 4.69) is 0 Å². The van der Waals surface area contributed by atoms with Gasteiger partial charge in [0.15, 0.2) is 0 Å². The minimum absolute atomic E-state index is 0.214. The van der Waals surface area contributed by atoms with E-state index in [0.717, 1.165) is 0 Å². The smallest absolute Gasteiger partial charge is 0.325 e. The Bertz CT molecular complexity index is 163. The van der Waals surface area contributed by atoms with Crippen LogP contribution in [0.25, 0.3) is 0 Å². The molecule has 0 fully saturated rings. The number of hydrogen-bond donors (Lipinski definition) is 1.